The number of nitrogens with one attached hydrogen (secondary N) is 2. The largest absolute Gasteiger partial charge is 0.388 e. The zero-order valence-corrected chi connectivity index (χ0v) is 13.9. The minimum absolute atomic E-state index is 0.133. The van der Waals surface area contributed by atoms with Crippen molar-refractivity contribution in [1.82, 2.24) is 5.32 Å². The molecular formula is C18H26N2O3. The van der Waals surface area contributed by atoms with Crippen LogP contribution in [0.5, 0.6) is 0 Å². The van der Waals surface area contributed by atoms with Crippen molar-refractivity contribution >= 4 is 17.5 Å². The minimum atomic E-state index is -0.853. The zero-order chi connectivity index (χ0) is 16.9. The SMILES string of the molecule is CCc1ccc(NC(=O)C(=O)NCC2(O)CCCC2)cc1CC. The van der Waals surface area contributed by atoms with Crippen LogP contribution in [-0.2, 0) is 22.4 Å². The van der Waals surface area contributed by atoms with E-state index in [2.05, 4.69) is 24.5 Å². The number of amides is 2. The van der Waals surface area contributed by atoms with Gasteiger partial charge < -0.3 is 15.7 Å². The Bertz CT molecular complexity index is 578. The molecule has 1 fully saturated rings. The summed E-state index contributed by atoms with van der Waals surface area (Å²) in [6.45, 7) is 4.29. The fourth-order valence-corrected chi connectivity index (χ4v) is 3.10. The Labute approximate surface area is 137 Å². The van der Waals surface area contributed by atoms with Crippen molar-refractivity contribution in [1.29, 1.82) is 0 Å². The summed E-state index contributed by atoms with van der Waals surface area (Å²) in [5.74, 6) is -1.40. The lowest BCUT2D eigenvalue weighted by molar-refractivity contribution is -0.136. The van der Waals surface area contributed by atoms with Gasteiger partial charge in [-0.3, -0.25) is 9.59 Å². The predicted molar refractivity (Wildman–Crippen MR) is 90.3 cm³/mol. The number of anilines is 1. The molecule has 0 heterocycles. The maximum atomic E-state index is 12.0. The third-order valence-electron chi connectivity index (χ3n) is 4.54. The van der Waals surface area contributed by atoms with E-state index in [9.17, 15) is 14.7 Å². The molecule has 5 nitrogen and oxygen atoms in total. The van der Waals surface area contributed by atoms with Gasteiger partial charge in [-0.15, -0.1) is 0 Å². The van der Waals surface area contributed by atoms with Crippen LogP contribution in [0.25, 0.3) is 0 Å². The van der Waals surface area contributed by atoms with Gasteiger partial charge in [-0.05, 0) is 48.9 Å². The quantitative estimate of drug-likeness (QED) is 0.728. The van der Waals surface area contributed by atoms with Crippen molar-refractivity contribution in [3.8, 4) is 0 Å². The van der Waals surface area contributed by atoms with E-state index in [1.165, 1.54) is 11.1 Å². The second-order valence-corrected chi connectivity index (χ2v) is 6.26. The van der Waals surface area contributed by atoms with E-state index < -0.39 is 17.4 Å². The lowest BCUT2D eigenvalue weighted by Gasteiger charge is -2.22. The third-order valence-corrected chi connectivity index (χ3v) is 4.54. The Hall–Kier alpha value is -1.88. The van der Waals surface area contributed by atoms with Crippen LogP contribution in [0.3, 0.4) is 0 Å². The number of rotatable bonds is 5. The minimum Gasteiger partial charge on any atom is -0.388 e. The van der Waals surface area contributed by atoms with Gasteiger partial charge in [0.2, 0.25) is 0 Å². The number of hydrogen-bond donors (Lipinski definition) is 3. The molecule has 0 spiro atoms. The maximum absolute atomic E-state index is 12.0. The molecule has 0 aliphatic heterocycles. The van der Waals surface area contributed by atoms with Crippen LogP contribution in [0.4, 0.5) is 5.69 Å². The molecule has 1 aromatic rings. The molecule has 23 heavy (non-hydrogen) atoms. The van der Waals surface area contributed by atoms with Gasteiger partial charge in [0.05, 0.1) is 5.60 Å². The average Bonchev–Trinajstić information content (AvgIpc) is 2.99. The third kappa shape index (κ3) is 4.55. The average molecular weight is 318 g/mol. The highest BCUT2D eigenvalue weighted by molar-refractivity contribution is 6.39. The highest BCUT2D eigenvalue weighted by Crippen LogP contribution is 2.28. The molecule has 0 bridgehead atoms. The molecule has 0 aromatic heterocycles. The fraction of sp³-hybridized carbons (Fsp3) is 0.556. The van der Waals surface area contributed by atoms with E-state index in [0.29, 0.717) is 18.5 Å². The van der Waals surface area contributed by atoms with Crippen LogP contribution in [0.1, 0.15) is 50.7 Å². The van der Waals surface area contributed by atoms with Crippen LogP contribution in [0.15, 0.2) is 18.2 Å². The monoisotopic (exact) mass is 318 g/mol. The maximum Gasteiger partial charge on any atom is 0.313 e. The van der Waals surface area contributed by atoms with E-state index in [4.69, 9.17) is 0 Å². The summed E-state index contributed by atoms with van der Waals surface area (Å²) in [5, 5.41) is 15.3. The predicted octanol–water partition coefficient (Wildman–Crippen LogP) is 2.17. The van der Waals surface area contributed by atoms with Crippen LogP contribution < -0.4 is 10.6 Å². The van der Waals surface area contributed by atoms with Crippen molar-refractivity contribution in [2.75, 3.05) is 11.9 Å². The molecule has 0 atom stereocenters. The van der Waals surface area contributed by atoms with E-state index in [-0.39, 0.29) is 6.54 Å². The van der Waals surface area contributed by atoms with Gasteiger partial charge in [0, 0.05) is 12.2 Å². The Morgan fingerprint density at radius 1 is 1.09 bits per heavy atom. The van der Waals surface area contributed by atoms with Gasteiger partial charge in [-0.2, -0.15) is 0 Å². The van der Waals surface area contributed by atoms with Gasteiger partial charge in [0.15, 0.2) is 0 Å². The molecule has 1 aliphatic carbocycles. The van der Waals surface area contributed by atoms with Crippen molar-refractivity contribution in [2.45, 2.75) is 58.0 Å². The molecular weight excluding hydrogens is 292 g/mol. The van der Waals surface area contributed by atoms with Gasteiger partial charge >= 0.3 is 11.8 Å². The highest BCUT2D eigenvalue weighted by Gasteiger charge is 2.32. The van der Waals surface area contributed by atoms with E-state index in [1.807, 2.05) is 18.2 Å². The molecule has 1 saturated carbocycles. The van der Waals surface area contributed by atoms with Gasteiger partial charge in [-0.1, -0.05) is 32.8 Å². The van der Waals surface area contributed by atoms with Crippen LogP contribution >= 0.6 is 0 Å². The summed E-state index contributed by atoms with van der Waals surface area (Å²) < 4.78 is 0. The highest BCUT2D eigenvalue weighted by atomic mass is 16.3. The van der Waals surface area contributed by atoms with Crippen LogP contribution in [0.2, 0.25) is 0 Å². The van der Waals surface area contributed by atoms with E-state index in [1.54, 1.807) is 0 Å². The number of hydrogen-bond acceptors (Lipinski definition) is 3. The second-order valence-electron chi connectivity index (χ2n) is 6.26. The summed E-state index contributed by atoms with van der Waals surface area (Å²) in [6, 6.07) is 5.70. The topological polar surface area (TPSA) is 78.4 Å². The molecule has 126 valence electrons. The Kier molecular flexibility index (Phi) is 5.77. The van der Waals surface area contributed by atoms with Crippen LogP contribution in [0, 0.1) is 0 Å². The first-order valence-corrected chi connectivity index (χ1v) is 8.41. The van der Waals surface area contributed by atoms with Gasteiger partial charge in [0.1, 0.15) is 0 Å². The first-order valence-electron chi connectivity index (χ1n) is 8.41. The molecule has 2 rings (SSSR count). The first-order chi connectivity index (χ1) is 11.0. The molecule has 0 unspecified atom stereocenters. The van der Waals surface area contributed by atoms with Gasteiger partial charge in [-0.25, -0.2) is 0 Å². The molecule has 1 aliphatic rings. The normalized spacial score (nSPS) is 16.1. The number of carbonyl (C=O) groups excluding carboxylic acids is 2. The first kappa shape index (κ1) is 17.5. The van der Waals surface area contributed by atoms with Crippen molar-refractivity contribution < 1.29 is 14.7 Å². The number of benzene rings is 1. The summed E-state index contributed by atoms with van der Waals surface area (Å²) in [4.78, 5) is 23.9. The van der Waals surface area contributed by atoms with Crippen molar-refractivity contribution in [3.05, 3.63) is 29.3 Å². The molecule has 0 radical (unpaired) electrons. The summed E-state index contributed by atoms with van der Waals surface area (Å²) in [7, 11) is 0. The van der Waals surface area contributed by atoms with Crippen molar-refractivity contribution in [3.63, 3.8) is 0 Å². The van der Waals surface area contributed by atoms with Gasteiger partial charge in [0.25, 0.3) is 0 Å². The van der Waals surface area contributed by atoms with E-state index in [0.717, 1.165) is 25.7 Å². The molecule has 5 heteroatoms. The molecule has 2 amide bonds. The molecule has 1 aromatic carbocycles. The summed E-state index contributed by atoms with van der Waals surface area (Å²) in [5.41, 5.74) is 2.19. The summed E-state index contributed by atoms with van der Waals surface area (Å²) in [6.07, 6.45) is 5.09. The molecule has 0 saturated heterocycles. The lowest BCUT2D eigenvalue weighted by atomic mass is 10.0. The molecule has 3 N–H and O–H groups in total. The number of aliphatic hydroxyl groups is 1. The smallest absolute Gasteiger partial charge is 0.313 e. The Morgan fingerprint density at radius 3 is 2.35 bits per heavy atom. The van der Waals surface area contributed by atoms with Crippen LogP contribution in [-0.4, -0.2) is 29.1 Å². The zero-order valence-electron chi connectivity index (χ0n) is 13.9. The Balaban J connectivity index is 1.91. The number of aryl methyl sites for hydroxylation is 2. The fourth-order valence-electron chi connectivity index (χ4n) is 3.10. The summed E-state index contributed by atoms with van der Waals surface area (Å²) >= 11 is 0. The number of carbonyl (C=O) groups is 2. The Morgan fingerprint density at radius 2 is 1.74 bits per heavy atom. The standard InChI is InChI=1S/C18H26N2O3/c1-3-13-7-8-15(11-14(13)4-2)20-17(22)16(21)19-12-18(23)9-5-6-10-18/h7-8,11,23H,3-6,9-10,12H2,1-2H3,(H,19,21)(H,20,22). The second kappa shape index (κ2) is 7.59. The van der Waals surface area contributed by atoms with Crippen molar-refractivity contribution in [2.24, 2.45) is 0 Å². The van der Waals surface area contributed by atoms with E-state index >= 15 is 0 Å². The lowest BCUT2D eigenvalue weighted by Crippen LogP contribution is -2.44.